The van der Waals surface area contributed by atoms with E-state index < -0.39 is 6.10 Å². The van der Waals surface area contributed by atoms with Gasteiger partial charge in [0, 0.05) is 18.7 Å². The number of para-hydroxylation sites is 1. The van der Waals surface area contributed by atoms with Crippen LogP contribution in [0.1, 0.15) is 44.9 Å². The zero-order valence-electron chi connectivity index (χ0n) is 18.0. The van der Waals surface area contributed by atoms with E-state index in [1.807, 2.05) is 76.2 Å². The summed E-state index contributed by atoms with van der Waals surface area (Å²) in [6, 6.07) is 15.3. The van der Waals surface area contributed by atoms with Gasteiger partial charge in [-0.3, -0.25) is 0 Å². The van der Waals surface area contributed by atoms with E-state index in [4.69, 9.17) is 9.47 Å². The van der Waals surface area contributed by atoms with E-state index in [1.54, 1.807) is 7.11 Å². The van der Waals surface area contributed by atoms with E-state index in [0.717, 1.165) is 29.2 Å². The molecule has 0 spiro atoms. The van der Waals surface area contributed by atoms with Crippen LogP contribution in [0.2, 0.25) is 0 Å². The van der Waals surface area contributed by atoms with Crippen molar-refractivity contribution in [1.82, 2.24) is 10.6 Å². The molecule has 0 saturated heterocycles. The van der Waals surface area contributed by atoms with Crippen LogP contribution in [-0.2, 0) is 6.54 Å². The van der Waals surface area contributed by atoms with Crippen molar-refractivity contribution in [3.05, 3.63) is 59.7 Å². The van der Waals surface area contributed by atoms with Gasteiger partial charge >= 0.3 is 0 Å². The summed E-state index contributed by atoms with van der Waals surface area (Å²) >= 11 is 0. The van der Waals surface area contributed by atoms with Crippen LogP contribution in [0.5, 0.6) is 11.5 Å². The first-order valence-corrected chi connectivity index (χ1v) is 9.93. The van der Waals surface area contributed by atoms with Gasteiger partial charge in [-0.2, -0.15) is 0 Å². The molecule has 6 heteroatoms. The first kappa shape index (κ1) is 22.6. The van der Waals surface area contributed by atoms with Crippen molar-refractivity contribution in [3.8, 4) is 11.5 Å². The molecule has 1 atom stereocenters. The molecule has 0 bridgehead atoms. The molecule has 1 unspecified atom stereocenters. The Labute approximate surface area is 174 Å². The van der Waals surface area contributed by atoms with E-state index in [1.165, 1.54) is 0 Å². The Morgan fingerprint density at radius 3 is 2.55 bits per heavy atom. The van der Waals surface area contributed by atoms with Gasteiger partial charge in [0.25, 0.3) is 0 Å². The summed E-state index contributed by atoms with van der Waals surface area (Å²) in [5.74, 6) is 2.19. The maximum Gasteiger partial charge on any atom is 0.191 e. The summed E-state index contributed by atoms with van der Waals surface area (Å²) in [6.45, 7) is 9.61. The fourth-order valence-electron chi connectivity index (χ4n) is 2.73. The number of aliphatic hydroxyl groups is 1. The Bertz CT molecular complexity index is 800. The quantitative estimate of drug-likeness (QED) is 0.467. The Kier molecular flexibility index (Phi) is 8.34. The van der Waals surface area contributed by atoms with Crippen LogP contribution in [0.3, 0.4) is 0 Å². The zero-order chi connectivity index (χ0) is 21.3. The summed E-state index contributed by atoms with van der Waals surface area (Å²) in [4.78, 5) is 4.65. The van der Waals surface area contributed by atoms with Crippen LogP contribution in [0, 0.1) is 0 Å². The molecule has 0 saturated carbocycles. The van der Waals surface area contributed by atoms with Crippen molar-refractivity contribution in [2.75, 3.05) is 20.2 Å². The van der Waals surface area contributed by atoms with Gasteiger partial charge in [-0.25, -0.2) is 4.99 Å². The lowest BCUT2D eigenvalue weighted by molar-refractivity contribution is 0.129. The molecule has 29 heavy (non-hydrogen) atoms. The lowest BCUT2D eigenvalue weighted by atomic mass is 10.1. The normalized spacial score (nSPS) is 13.0. The summed E-state index contributed by atoms with van der Waals surface area (Å²) in [5, 5.41) is 16.9. The molecular weight excluding hydrogens is 366 g/mol. The number of nitrogens with one attached hydrogen (secondary N) is 2. The Hall–Kier alpha value is -2.73. The fraction of sp³-hybridized carbons (Fsp3) is 0.435. The number of benzene rings is 2. The minimum atomic E-state index is -0.675. The number of nitrogens with zero attached hydrogens (tertiary/aromatic N) is 1. The van der Waals surface area contributed by atoms with Gasteiger partial charge in [0.15, 0.2) is 5.96 Å². The average molecular weight is 400 g/mol. The third-order valence-corrected chi connectivity index (χ3v) is 4.08. The SMILES string of the molecule is CCNC(=NCc1ccccc1OC(C)(C)C)NCC(O)c1cccc(OC)c1. The first-order chi connectivity index (χ1) is 13.8. The lowest BCUT2D eigenvalue weighted by Gasteiger charge is -2.23. The van der Waals surface area contributed by atoms with Crippen molar-refractivity contribution in [3.63, 3.8) is 0 Å². The van der Waals surface area contributed by atoms with Gasteiger partial charge in [-0.15, -0.1) is 0 Å². The molecular formula is C23H33N3O3. The molecule has 0 heterocycles. The summed E-state index contributed by atoms with van der Waals surface area (Å²) in [5.41, 5.74) is 1.52. The molecule has 6 nitrogen and oxygen atoms in total. The van der Waals surface area contributed by atoms with Crippen LogP contribution in [-0.4, -0.2) is 36.9 Å². The topological polar surface area (TPSA) is 75.1 Å². The first-order valence-electron chi connectivity index (χ1n) is 9.93. The van der Waals surface area contributed by atoms with Crippen molar-refractivity contribution in [2.45, 2.75) is 45.9 Å². The molecule has 0 aliphatic rings. The number of guanidine groups is 1. The second-order valence-electron chi connectivity index (χ2n) is 7.69. The van der Waals surface area contributed by atoms with Gasteiger partial charge in [-0.05, 0) is 51.5 Å². The molecule has 2 aromatic rings. The molecule has 0 amide bonds. The number of hydrogen-bond acceptors (Lipinski definition) is 4. The van der Waals surface area contributed by atoms with E-state index in [-0.39, 0.29) is 5.60 Å². The molecule has 0 aromatic heterocycles. The fourth-order valence-corrected chi connectivity index (χ4v) is 2.73. The Balaban J connectivity index is 2.05. The molecule has 158 valence electrons. The number of ether oxygens (including phenoxy) is 2. The third kappa shape index (κ3) is 7.66. The molecule has 0 aliphatic carbocycles. The predicted octanol–water partition coefficient (Wildman–Crippen LogP) is 3.66. The molecule has 0 aliphatic heterocycles. The number of aliphatic imine (C=N–C) groups is 1. The van der Waals surface area contributed by atoms with Gasteiger partial charge < -0.3 is 25.2 Å². The smallest absolute Gasteiger partial charge is 0.191 e. The second kappa shape index (κ2) is 10.7. The van der Waals surface area contributed by atoms with Gasteiger partial charge in [0.1, 0.15) is 17.1 Å². The molecule has 2 aromatic carbocycles. The van der Waals surface area contributed by atoms with Gasteiger partial charge in [0.2, 0.25) is 0 Å². The summed E-state index contributed by atoms with van der Waals surface area (Å²) in [6.07, 6.45) is -0.675. The summed E-state index contributed by atoms with van der Waals surface area (Å²) < 4.78 is 11.3. The largest absolute Gasteiger partial charge is 0.497 e. The van der Waals surface area contributed by atoms with Gasteiger partial charge in [0.05, 0.1) is 19.8 Å². The van der Waals surface area contributed by atoms with Crippen molar-refractivity contribution in [2.24, 2.45) is 4.99 Å². The monoisotopic (exact) mass is 399 g/mol. The number of rotatable bonds is 8. The van der Waals surface area contributed by atoms with E-state index in [9.17, 15) is 5.11 Å². The minimum absolute atomic E-state index is 0.274. The Morgan fingerprint density at radius 1 is 1.10 bits per heavy atom. The number of methoxy groups -OCH3 is 1. The van der Waals surface area contributed by atoms with Crippen molar-refractivity contribution < 1.29 is 14.6 Å². The molecule has 0 radical (unpaired) electrons. The second-order valence-corrected chi connectivity index (χ2v) is 7.69. The van der Waals surface area contributed by atoms with Crippen LogP contribution in [0.4, 0.5) is 0 Å². The molecule has 3 N–H and O–H groups in total. The molecule has 0 fully saturated rings. The highest BCUT2D eigenvalue weighted by Gasteiger charge is 2.14. The lowest BCUT2D eigenvalue weighted by Crippen LogP contribution is -2.39. The highest BCUT2D eigenvalue weighted by molar-refractivity contribution is 5.79. The maximum absolute atomic E-state index is 10.5. The number of aliphatic hydroxyl groups excluding tert-OH is 1. The zero-order valence-corrected chi connectivity index (χ0v) is 18.0. The van der Waals surface area contributed by atoms with E-state index in [0.29, 0.717) is 19.0 Å². The van der Waals surface area contributed by atoms with Crippen LogP contribution < -0.4 is 20.1 Å². The highest BCUT2D eigenvalue weighted by Crippen LogP contribution is 2.23. The Morgan fingerprint density at radius 2 is 1.86 bits per heavy atom. The van der Waals surface area contributed by atoms with E-state index >= 15 is 0 Å². The van der Waals surface area contributed by atoms with Crippen LogP contribution >= 0.6 is 0 Å². The van der Waals surface area contributed by atoms with E-state index in [2.05, 4.69) is 15.6 Å². The summed E-state index contributed by atoms with van der Waals surface area (Å²) in [7, 11) is 1.61. The minimum Gasteiger partial charge on any atom is -0.497 e. The maximum atomic E-state index is 10.5. The van der Waals surface area contributed by atoms with Crippen LogP contribution in [0.15, 0.2) is 53.5 Å². The standard InChI is InChI=1S/C23H33N3O3/c1-6-24-22(26-16-20(27)17-11-9-12-19(14-17)28-5)25-15-18-10-7-8-13-21(18)29-23(2,3)4/h7-14,20,27H,6,15-16H2,1-5H3,(H2,24,25,26). The van der Waals surface area contributed by atoms with Crippen LogP contribution in [0.25, 0.3) is 0 Å². The predicted molar refractivity (Wildman–Crippen MR) is 118 cm³/mol. The average Bonchev–Trinajstić information content (AvgIpc) is 2.69. The highest BCUT2D eigenvalue weighted by atomic mass is 16.5. The molecule has 2 rings (SSSR count). The van der Waals surface area contributed by atoms with Crippen molar-refractivity contribution in [1.29, 1.82) is 0 Å². The van der Waals surface area contributed by atoms with Crippen molar-refractivity contribution >= 4 is 5.96 Å². The third-order valence-electron chi connectivity index (χ3n) is 4.08. The number of hydrogen-bond donors (Lipinski definition) is 3. The van der Waals surface area contributed by atoms with Gasteiger partial charge in [-0.1, -0.05) is 30.3 Å².